The molecule has 0 atom stereocenters. The first kappa shape index (κ1) is 14.4. The Morgan fingerprint density at radius 2 is 2.05 bits per heavy atom. The maximum absolute atomic E-state index is 12.8. The Morgan fingerprint density at radius 3 is 2.86 bits per heavy atom. The molecule has 1 N–H and O–H groups in total. The van der Waals surface area contributed by atoms with E-state index in [1.807, 2.05) is 29.2 Å². The first-order valence-electron chi connectivity index (χ1n) is 6.76. The smallest absolute Gasteiger partial charge is 0.258 e. The van der Waals surface area contributed by atoms with Gasteiger partial charge >= 0.3 is 0 Å². The molecule has 0 unspecified atom stereocenters. The SMILES string of the molecule is O=C(c1ccc(Br)c(Cl)c1)N1CCCNc2ccccc21. The molecule has 0 aliphatic carbocycles. The summed E-state index contributed by atoms with van der Waals surface area (Å²) in [6.45, 7) is 1.55. The number of fused-ring (bicyclic) bond motifs is 1. The van der Waals surface area contributed by atoms with Gasteiger partial charge in [0.05, 0.1) is 16.4 Å². The van der Waals surface area contributed by atoms with Crippen LogP contribution in [0.15, 0.2) is 46.9 Å². The Morgan fingerprint density at radius 1 is 1.24 bits per heavy atom. The summed E-state index contributed by atoms with van der Waals surface area (Å²) in [6, 6.07) is 13.2. The molecule has 1 heterocycles. The molecule has 0 saturated carbocycles. The molecule has 3 rings (SSSR count). The van der Waals surface area contributed by atoms with E-state index in [1.54, 1.807) is 18.2 Å². The van der Waals surface area contributed by atoms with Crippen molar-refractivity contribution in [1.82, 2.24) is 0 Å². The Bertz CT molecular complexity index is 690. The van der Waals surface area contributed by atoms with Gasteiger partial charge in [0.25, 0.3) is 5.91 Å². The minimum atomic E-state index is -0.0273. The number of hydrogen-bond acceptors (Lipinski definition) is 2. The van der Waals surface area contributed by atoms with Crippen LogP contribution in [-0.4, -0.2) is 19.0 Å². The van der Waals surface area contributed by atoms with Crippen molar-refractivity contribution >= 4 is 44.8 Å². The van der Waals surface area contributed by atoms with E-state index >= 15 is 0 Å². The number of nitrogens with one attached hydrogen (secondary N) is 1. The first-order chi connectivity index (χ1) is 10.2. The highest BCUT2D eigenvalue weighted by atomic mass is 79.9. The lowest BCUT2D eigenvalue weighted by atomic mass is 10.1. The Labute approximate surface area is 137 Å². The number of hydrogen-bond donors (Lipinski definition) is 1. The van der Waals surface area contributed by atoms with Gasteiger partial charge in [-0.15, -0.1) is 0 Å². The molecular formula is C16H14BrClN2O. The van der Waals surface area contributed by atoms with Crippen LogP contribution < -0.4 is 10.2 Å². The number of benzene rings is 2. The van der Waals surface area contributed by atoms with Crippen LogP contribution in [0.25, 0.3) is 0 Å². The van der Waals surface area contributed by atoms with Crippen molar-refractivity contribution in [2.75, 3.05) is 23.3 Å². The van der Waals surface area contributed by atoms with Crippen molar-refractivity contribution in [2.24, 2.45) is 0 Å². The van der Waals surface area contributed by atoms with Gasteiger partial charge in [0, 0.05) is 23.1 Å². The second kappa shape index (κ2) is 6.08. The molecule has 1 aliphatic heterocycles. The average molecular weight is 366 g/mol. The largest absolute Gasteiger partial charge is 0.383 e. The first-order valence-corrected chi connectivity index (χ1v) is 7.94. The lowest BCUT2D eigenvalue weighted by molar-refractivity contribution is 0.0987. The van der Waals surface area contributed by atoms with Gasteiger partial charge in [-0.05, 0) is 52.7 Å². The van der Waals surface area contributed by atoms with Crippen LogP contribution in [0.4, 0.5) is 11.4 Å². The highest BCUT2D eigenvalue weighted by molar-refractivity contribution is 9.10. The number of rotatable bonds is 1. The summed E-state index contributed by atoms with van der Waals surface area (Å²) in [5.41, 5.74) is 2.51. The van der Waals surface area contributed by atoms with Crippen molar-refractivity contribution in [3.8, 4) is 0 Å². The van der Waals surface area contributed by atoms with Gasteiger partial charge in [0.15, 0.2) is 0 Å². The highest BCUT2D eigenvalue weighted by Crippen LogP contribution is 2.30. The van der Waals surface area contributed by atoms with Crippen LogP contribution in [0.5, 0.6) is 0 Å². The van der Waals surface area contributed by atoms with Crippen molar-refractivity contribution < 1.29 is 4.79 Å². The van der Waals surface area contributed by atoms with E-state index in [1.165, 1.54) is 0 Å². The third kappa shape index (κ3) is 2.92. The summed E-state index contributed by atoms with van der Waals surface area (Å²) in [7, 11) is 0. The number of amides is 1. The number of carbonyl (C=O) groups excluding carboxylic acids is 1. The van der Waals surface area contributed by atoms with Crippen LogP contribution in [0, 0.1) is 0 Å². The molecule has 2 aromatic rings. The maximum atomic E-state index is 12.8. The summed E-state index contributed by atoms with van der Waals surface area (Å²) in [5, 5.41) is 3.90. The molecule has 5 heteroatoms. The molecule has 0 radical (unpaired) electrons. The van der Waals surface area contributed by atoms with E-state index in [2.05, 4.69) is 21.2 Å². The zero-order valence-corrected chi connectivity index (χ0v) is 13.6. The van der Waals surface area contributed by atoms with E-state index in [9.17, 15) is 4.79 Å². The van der Waals surface area contributed by atoms with Gasteiger partial charge in [0.1, 0.15) is 0 Å². The molecular weight excluding hydrogens is 352 g/mol. The maximum Gasteiger partial charge on any atom is 0.258 e. The van der Waals surface area contributed by atoms with Crippen molar-refractivity contribution in [3.63, 3.8) is 0 Å². The zero-order valence-electron chi connectivity index (χ0n) is 11.3. The van der Waals surface area contributed by atoms with E-state index in [0.29, 0.717) is 17.1 Å². The topological polar surface area (TPSA) is 32.3 Å². The van der Waals surface area contributed by atoms with Gasteiger partial charge in [-0.1, -0.05) is 23.7 Å². The van der Waals surface area contributed by atoms with Crippen molar-refractivity contribution in [1.29, 1.82) is 0 Å². The van der Waals surface area contributed by atoms with Gasteiger partial charge < -0.3 is 10.2 Å². The third-order valence-electron chi connectivity index (χ3n) is 3.48. The zero-order chi connectivity index (χ0) is 14.8. The quantitative estimate of drug-likeness (QED) is 0.803. The summed E-state index contributed by atoms with van der Waals surface area (Å²) >= 11 is 9.45. The normalized spacial score (nSPS) is 14.1. The molecule has 0 saturated heterocycles. The lowest BCUT2D eigenvalue weighted by Gasteiger charge is -2.22. The molecule has 0 bridgehead atoms. The predicted octanol–water partition coefficient (Wildman–Crippen LogP) is 4.56. The van der Waals surface area contributed by atoms with Crippen LogP contribution in [0.2, 0.25) is 5.02 Å². The molecule has 21 heavy (non-hydrogen) atoms. The van der Waals surface area contributed by atoms with Crippen molar-refractivity contribution in [2.45, 2.75) is 6.42 Å². The minimum absolute atomic E-state index is 0.0273. The molecule has 2 aromatic carbocycles. The Balaban J connectivity index is 1.99. The lowest BCUT2D eigenvalue weighted by Crippen LogP contribution is -2.31. The summed E-state index contributed by atoms with van der Waals surface area (Å²) in [4.78, 5) is 14.6. The number of carbonyl (C=O) groups is 1. The number of nitrogens with zero attached hydrogens (tertiary/aromatic N) is 1. The molecule has 0 aromatic heterocycles. The molecule has 1 amide bonds. The fourth-order valence-electron chi connectivity index (χ4n) is 2.44. The Kier molecular flexibility index (Phi) is 4.17. The second-order valence-electron chi connectivity index (χ2n) is 4.88. The molecule has 3 nitrogen and oxygen atoms in total. The molecule has 0 fully saturated rings. The second-order valence-corrected chi connectivity index (χ2v) is 6.14. The minimum Gasteiger partial charge on any atom is -0.383 e. The van der Waals surface area contributed by atoms with Gasteiger partial charge in [-0.25, -0.2) is 0 Å². The number of halogens is 2. The average Bonchev–Trinajstić information content (AvgIpc) is 2.71. The molecule has 1 aliphatic rings. The predicted molar refractivity (Wildman–Crippen MR) is 90.4 cm³/mol. The van der Waals surface area contributed by atoms with Gasteiger partial charge in [0.2, 0.25) is 0 Å². The van der Waals surface area contributed by atoms with E-state index in [-0.39, 0.29) is 5.91 Å². The van der Waals surface area contributed by atoms with E-state index < -0.39 is 0 Å². The van der Waals surface area contributed by atoms with Crippen LogP contribution in [-0.2, 0) is 0 Å². The van der Waals surface area contributed by atoms with E-state index in [4.69, 9.17) is 11.6 Å². The summed E-state index contributed by atoms with van der Waals surface area (Å²) in [6.07, 6.45) is 0.907. The third-order valence-corrected chi connectivity index (χ3v) is 4.71. The molecule has 108 valence electrons. The standard InChI is InChI=1S/C16H14BrClN2O/c17-12-7-6-11(10-13(12)18)16(21)20-9-3-8-19-14-4-1-2-5-15(14)20/h1-2,4-7,10,19H,3,8-9H2. The van der Waals surface area contributed by atoms with Gasteiger partial charge in [-0.3, -0.25) is 4.79 Å². The van der Waals surface area contributed by atoms with Crippen LogP contribution in [0.1, 0.15) is 16.8 Å². The fourth-order valence-corrected chi connectivity index (χ4v) is 2.86. The van der Waals surface area contributed by atoms with Crippen LogP contribution >= 0.6 is 27.5 Å². The number of para-hydroxylation sites is 2. The van der Waals surface area contributed by atoms with Crippen LogP contribution in [0.3, 0.4) is 0 Å². The monoisotopic (exact) mass is 364 g/mol. The number of anilines is 2. The highest BCUT2D eigenvalue weighted by Gasteiger charge is 2.22. The summed E-state index contributed by atoms with van der Waals surface area (Å²) < 4.78 is 0.790. The van der Waals surface area contributed by atoms with E-state index in [0.717, 1.165) is 28.8 Å². The van der Waals surface area contributed by atoms with Crippen molar-refractivity contribution in [3.05, 3.63) is 57.5 Å². The molecule has 0 spiro atoms. The summed E-state index contributed by atoms with van der Waals surface area (Å²) in [5.74, 6) is -0.0273. The Hall–Kier alpha value is -1.52. The van der Waals surface area contributed by atoms with Gasteiger partial charge in [-0.2, -0.15) is 0 Å². The fraction of sp³-hybridized carbons (Fsp3) is 0.188.